The molecule has 0 N–H and O–H groups in total. The van der Waals surface area contributed by atoms with Gasteiger partial charge in [-0.25, -0.2) is 12.7 Å². The van der Waals surface area contributed by atoms with E-state index in [-0.39, 0.29) is 11.8 Å². The molecular weight excluding hydrogens is 264 g/mol. The minimum atomic E-state index is -3.18. The smallest absolute Gasteiger partial charge is 0.227 e. The van der Waals surface area contributed by atoms with Crippen LogP contribution in [0.5, 0.6) is 0 Å². The van der Waals surface area contributed by atoms with Crippen LogP contribution in [0.3, 0.4) is 0 Å². The number of nitrogens with zero attached hydrogens (tertiary/aromatic N) is 2. The Hall–Kier alpha value is -0.620. The number of unbranched alkanes of at least 4 members (excludes halogenated alkanes) is 1. The number of rotatable bonds is 6. The lowest BCUT2D eigenvalue weighted by molar-refractivity contribution is -0.136. The monoisotopic (exact) mass is 290 g/mol. The third kappa shape index (κ3) is 4.76. The van der Waals surface area contributed by atoms with Crippen molar-refractivity contribution in [1.29, 1.82) is 0 Å². The van der Waals surface area contributed by atoms with Crippen molar-refractivity contribution in [2.24, 2.45) is 5.92 Å². The highest BCUT2D eigenvalue weighted by Crippen LogP contribution is 2.21. The fraction of sp³-hybridized carbons (Fsp3) is 0.923. The fourth-order valence-corrected chi connectivity index (χ4v) is 3.39. The SMILES string of the molecule is CCCCN(CC)C(=O)C1CCCN(S(C)(=O)=O)C1. The molecule has 0 aromatic carbocycles. The lowest BCUT2D eigenvalue weighted by Crippen LogP contribution is -2.46. The summed E-state index contributed by atoms with van der Waals surface area (Å²) in [5.41, 5.74) is 0. The van der Waals surface area contributed by atoms with E-state index in [2.05, 4.69) is 6.92 Å². The molecule has 0 aromatic heterocycles. The van der Waals surface area contributed by atoms with E-state index in [0.29, 0.717) is 19.6 Å². The first kappa shape index (κ1) is 16.4. The quantitative estimate of drug-likeness (QED) is 0.741. The van der Waals surface area contributed by atoms with Crippen molar-refractivity contribution in [2.75, 3.05) is 32.4 Å². The Morgan fingerprint density at radius 1 is 1.37 bits per heavy atom. The maximum absolute atomic E-state index is 12.4. The summed E-state index contributed by atoms with van der Waals surface area (Å²) in [6, 6.07) is 0. The summed E-state index contributed by atoms with van der Waals surface area (Å²) < 4.78 is 24.6. The van der Waals surface area contributed by atoms with Crippen molar-refractivity contribution in [3.8, 4) is 0 Å². The summed E-state index contributed by atoms with van der Waals surface area (Å²) in [5, 5.41) is 0. The predicted octanol–water partition coefficient (Wildman–Crippen LogP) is 1.31. The minimum Gasteiger partial charge on any atom is -0.343 e. The van der Waals surface area contributed by atoms with Crippen LogP contribution in [-0.2, 0) is 14.8 Å². The first-order valence-electron chi connectivity index (χ1n) is 7.14. The molecule has 1 aliphatic rings. The standard InChI is InChI=1S/C13H26N2O3S/c1-4-6-9-14(5-2)13(16)12-8-7-10-15(11-12)19(3,17)18/h12H,4-11H2,1-3H3. The molecule has 112 valence electrons. The first-order chi connectivity index (χ1) is 8.90. The Bertz CT molecular complexity index is 395. The molecule has 5 nitrogen and oxygen atoms in total. The van der Waals surface area contributed by atoms with Crippen LogP contribution >= 0.6 is 0 Å². The van der Waals surface area contributed by atoms with Gasteiger partial charge in [0.25, 0.3) is 0 Å². The van der Waals surface area contributed by atoms with Gasteiger partial charge < -0.3 is 4.90 Å². The third-order valence-corrected chi connectivity index (χ3v) is 4.95. The molecule has 6 heteroatoms. The third-order valence-electron chi connectivity index (χ3n) is 3.68. The molecule has 0 saturated carbocycles. The number of hydrogen-bond donors (Lipinski definition) is 0. The number of sulfonamides is 1. The highest BCUT2D eigenvalue weighted by atomic mass is 32.2. The molecule has 0 bridgehead atoms. The van der Waals surface area contributed by atoms with Gasteiger partial charge in [0.05, 0.1) is 12.2 Å². The molecule has 1 saturated heterocycles. The maximum atomic E-state index is 12.4. The van der Waals surface area contributed by atoms with Crippen molar-refractivity contribution in [3.05, 3.63) is 0 Å². The summed E-state index contributed by atoms with van der Waals surface area (Å²) in [7, 11) is -3.18. The molecule has 0 spiro atoms. The van der Waals surface area contributed by atoms with E-state index in [1.807, 2.05) is 11.8 Å². The van der Waals surface area contributed by atoms with Gasteiger partial charge in [-0.1, -0.05) is 13.3 Å². The van der Waals surface area contributed by atoms with Gasteiger partial charge in [-0.2, -0.15) is 0 Å². The molecule has 0 aromatic rings. The molecule has 0 aliphatic carbocycles. The second kappa shape index (κ2) is 7.24. The summed E-state index contributed by atoms with van der Waals surface area (Å²) in [4.78, 5) is 14.3. The molecule has 1 aliphatic heterocycles. The van der Waals surface area contributed by atoms with Crippen LogP contribution in [0.15, 0.2) is 0 Å². The zero-order valence-electron chi connectivity index (χ0n) is 12.3. The summed E-state index contributed by atoms with van der Waals surface area (Å²) >= 11 is 0. The number of carbonyl (C=O) groups excluding carboxylic acids is 1. The van der Waals surface area contributed by atoms with Gasteiger partial charge in [0.15, 0.2) is 0 Å². The Morgan fingerprint density at radius 2 is 2.05 bits per heavy atom. The van der Waals surface area contributed by atoms with E-state index in [4.69, 9.17) is 0 Å². The average Bonchev–Trinajstić information content (AvgIpc) is 2.38. The topological polar surface area (TPSA) is 57.7 Å². The van der Waals surface area contributed by atoms with Crippen molar-refractivity contribution in [3.63, 3.8) is 0 Å². The Labute approximate surface area is 117 Å². The van der Waals surface area contributed by atoms with E-state index in [9.17, 15) is 13.2 Å². The molecule has 0 radical (unpaired) electrons. The van der Waals surface area contributed by atoms with E-state index >= 15 is 0 Å². The number of hydrogen-bond acceptors (Lipinski definition) is 3. The number of piperidine rings is 1. The van der Waals surface area contributed by atoms with Crippen molar-refractivity contribution in [1.82, 2.24) is 9.21 Å². The summed E-state index contributed by atoms with van der Waals surface area (Å²) in [5.74, 6) is -0.0513. The Morgan fingerprint density at radius 3 is 2.58 bits per heavy atom. The zero-order valence-corrected chi connectivity index (χ0v) is 13.1. The second-order valence-electron chi connectivity index (χ2n) is 5.23. The van der Waals surface area contributed by atoms with Gasteiger partial charge in [0.1, 0.15) is 0 Å². The van der Waals surface area contributed by atoms with Crippen molar-refractivity contribution < 1.29 is 13.2 Å². The largest absolute Gasteiger partial charge is 0.343 e. The molecule has 1 fully saturated rings. The van der Waals surface area contributed by atoms with Gasteiger partial charge >= 0.3 is 0 Å². The highest BCUT2D eigenvalue weighted by molar-refractivity contribution is 7.88. The number of amides is 1. The first-order valence-corrected chi connectivity index (χ1v) is 8.98. The molecule has 1 rings (SSSR count). The van der Waals surface area contributed by atoms with E-state index in [1.165, 1.54) is 10.6 Å². The lowest BCUT2D eigenvalue weighted by Gasteiger charge is -2.33. The van der Waals surface area contributed by atoms with Crippen LogP contribution < -0.4 is 0 Å². The second-order valence-corrected chi connectivity index (χ2v) is 7.21. The lowest BCUT2D eigenvalue weighted by atomic mass is 9.98. The van der Waals surface area contributed by atoms with Gasteiger partial charge in [-0.3, -0.25) is 4.79 Å². The maximum Gasteiger partial charge on any atom is 0.227 e. The highest BCUT2D eigenvalue weighted by Gasteiger charge is 2.31. The fourth-order valence-electron chi connectivity index (χ4n) is 2.48. The molecule has 1 atom stereocenters. The van der Waals surface area contributed by atoms with Crippen LogP contribution in [-0.4, -0.2) is 56.0 Å². The zero-order chi connectivity index (χ0) is 14.5. The van der Waals surface area contributed by atoms with Crippen molar-refractivity contribution in [2.45, 2.75) is 39.5 Å². The minimum absolute atomic E-state index is 0.115. The van der Waals surface area contributed by atoms with Crippen LogP contribution in [0.4, 0.5) is 0 Å². The van der Waals surface area contributed by atoms with Crippen LogP contribution in [0.2, 0.25) is 0 Å². The van der Waals surface area contributed by atoms with Crippen LogP contribution in [0, 0.1) is 5.92 Å². The van der Waals surface area contributed by atoms with Gasteiger partial charge in [-0.15, -0.1) is 0 Å². The van der Waals surface area contributed by atoms with Crippen LogP contribution in [0.1, 0.15) is 39.5 Å². The predicted molar refractivity (Wildman–Crippen MR) is 76.3 cm³/mol. The van der Waals surface area contributed by atoms with E-state index in [1.54, 1.807) is 0 Å². The van der Waals surface area contributed by atoms with Gasteiger partial charge in [0, 0.05) is 26.2 Å². The van der Waals surface area contributed by atoms with Crippen LogP contribution in [0.25, 0.3) is 0 Å². The Balaban J connectivity index is 2.65. The molecule has 1 heterocycles. The molecular formula is C13H26N2O3S. The van der Waals surface area contributed by atoms with Gasteiger partial charge in [0.2, 0.25) is 15.9 Å². The Kier molecular flexibility index (Phi) is 6.26. The normalized spacial score (nSPS) is 21.3. The molecule has 1 amide bonds. The molecule has 1 unspecified atom stereocenters. The summed E-state index contributed by atoms with van der Waals surface area (Å²) in [6.07, 6.45) is 4.85. The van der Waals surface area contributed by atoms with Crippen molar-refractivity contribution >= 4 is 15.9 Å². The van der Waals surface area contributed by atoms with E-state index in [0.717, 1.165) is 32.2 Å². The summed E-state index contributed by atoms with van der Waals surface area (Å²) in [6.45, 7) is 6.45. The number of carbonyl (C=O) groups is 1. The average molecular weight is 290 g/mol. The van der Waals surface area contributed by atoms with E-state index < -0.39 is 10.0 Å². The molecule has 19 heavy (non-hydrogen) atoms. The van der Waals surface area contributed by atoms with Gasteiger partial charge in [-0.05, 0) is 26.2 Å².